The minimum absolute atomic E-state index is 0.0351. The van der Waals surface area contributed by atoms with E-state index in [1.54, 1.807) is 19.5 Å². The molecule has 5 heterocycles. The molecule has 3 aromatic carbocycles. The molecule has 0 bridgehead atoms. The zero-order valence-corrected chi connectivity index (χ0v) is 39.5. The molecule has 338 valence electrons. The third kappa shape index (κ3) is 9.29. The van der Waals surface area contributed by atoms with E-state index < -0.39 is 0 Å². The number of pyridine rings is 3. The molecule has 0 fully saturated rings. The van der Waals surface area contributed by atoms with Crippen molar-refractivity contribution in [1.82, 2.24) is 25.6 Å². The first-order valence-electron chi connectivity index (χ1n) is 23.4. The molecular formula is C58H60N7O2+. The molecule has 9 nitrogen and oxygen atoms in total. The number of carbonyl (C=O) groups excluding carboxylic acids is 1. The van der Waals surface area contributed by atoms with Crippen LogP contribution in [0.4, 0.5) is 11.4 Å². The second-order valence-corrected chi connectivity index (χ2v) is 18.6. The van der Waals surface area contributed by atoms with E-state index in [2.05, 4.69) is 174 Å². The van der Waals surface area contributed by atoms with Gasteiger partial charge in [0, 0.05) is 72.8 Å². The van der Waals surface area contributed by atoms with Gasteiger partial charge in [-0.3, -0.25) is 14.8 Å². The molecule has 0 radical (unpaired) electrons. The highest BCUT2D eigenvalue weighted by atomic mass is 16.5. The minimum Gasteiger partial charge on any atom is -0.383 e. The number of aromatic nitrogens is 3. The molecule has 0 atom stereocenters. The van der Waals surface area contributed by atoms with E-state index >= 15 is 0 Å². The lowest BCUT2D eigenvalue weighted by atomic mass is 9.81. The van der Waals surface area contributed by atoms with E-state index in [4.69, 9.17) is 9.72 Å². The number of benzene rings is 3. The van der Waals surface area contributed by atoms with E-state index in [1.807, 2.05) is 36.4 Å². The molecule has 9 rings (SSSR count). The van der Waals surface area contributed by atoms with Crippen molar-refractivity contribution in [3.63, 3.8) is 0 Å². The van der Waals surface area contributed by atoms with E-state index in [0.29, 0.717) is 19.7 Å². The summed E-state index contributed by atoms with van der Waals surface area (Å²) in [6.07, 6.45) is 15.8. The summed E-state index contributed by atoms with van der Waals surface area (Å²) in [6, 6.07) is 42.0. The number of carbonyl (C=O) groups is 1. The standard InChI is InChI=1S/C58H59N7O2/c1-57(2)45-18-7-9-22-51(45)64(5)53(57)30-28-42-16-15-17-43(29-31-54-58(3,4)46-19-8-10-23-52(46)65(54)39-55(66)61-34-35-67-6)56(42)62-38-40-24-26-41(27-25-40)44-36-49(47-20-11-13-32-59-47)63-50(37-44)48-21-12-14-33-60-48/h7-14,18-33,36-37H,15-17,34-35,38-39H2,1-6H3,(H,61,66)/p+1/b43-29+,54-31+. The molecule has 2 N–H and O–H groups in total. The van der Waals surface area contributed by atoms with Crippen LogP contribution in [0.25, 0.3) is 33.9 Å². The van der Waals surface area contributed by atoms with Crippen LogP contribution in [0.5, 0.6) is 0 Å². The zero-order chi connectivity index (χ0) is 46.5. The molecule has 1 amide bonds. The maximum Gasteiger partial charge on any atom is 0.240 e. The first-order valence-corrected chi connectivity index (χ1v) is 23.4. The van der Waals surface area contributed by atoms with Gasteiger partial charge in [-0.1, -0.05) is 98.8 Å². The van der Waals surface area contributed by atoms with Crippen LogP contribution in [-0.2, 0) is 26.9 Å². The van der Waals surface area contributed by atoms with Gasteiger partial charge in [-0.05, 0) is 115 Å². The molecule has 67 heavy (non-hydrogen) atoms. The summed E-state index contributed by atoms with van der Waals surface area (Å²) in [7, 11) is 3.83. The molecule has 9 heteroatoms. The third-order valence-electron chi connectivity index (χ3n) is 13.5. The lowest BCUT2D eigenvalue weighted by Gasteiger charge is -2.27. The Balaban J connectivity index is 1.06. The first-order chi connectivity index (χ1) is 32.5. The van der Waals surface area contributed by atoms with Gasteiger partial charge in [0.25, 0.3) is 0 Å². The maximum absolute atomic E-state index is 13.3. The fourth-order valence-corrected chi connectivity index (χ4v) is 9.94. The lowest BCUT2D eigenvalue weighted by molar-refractivity contribution is -0.401. The molecular weight excluding hydrogens is 827 g/mol. The largest absolute Gasteiger partial charge is 0.383 e. The summed E-state index contributed by atoms with van der Waals surface area (Å²) in [4.78, 5) is 29.7. The Bertz CT molecular complexity index is 2890. The predicted octanol–water partition coefficient (Wildman–Crippen LogP) is 11.0. The Labute approximate surface area is 395 Å². The SMILES string of the molecule is COCCNC(=O)CN1/C(=C/C=C2\CCCC(/C=C/C3=[N+](C)c4ccccc4C3(C)C)=C2NCc2ccc(-c3cc(-c4ccccn4)nc(-c4ccccn4)c3)cc2)C(C)(C)c2ccccc21. The Hall–Kier alpha value is -7.23. The molecule has 0 saturated heterocycles. The van der Waals surface area contributed by atoms with Crippen LogP contribution in [0.15, 0.2) is 181 Å². The van der Waals surface area contributed by atoms with Crippen molar-refractivity contribution in [3.05, 3.63) is 197 Å². The normalized spacial score (nSPS) is 17.4. The van der Waals surface area contributed by atoms with Crippen LogP contribution in [0.2, 0.25) is 0 Å². The number of para-hydroxylation sites is 2. The number of ether oxygens (including phenoxy) is 1. The van der Waals surface area contributed by atoms with Gasteiger partial charge in [0.2, 0.25) is 11.6 Å². The topological polar surface area (TPSA) is 95.3 Å². The molecule has 3 aliphatic rings. The second kappa shape index (κ2) is 19.3. The van der Waals surface area contributed by atoms with Crippen molar-refractivity contribution in [2.75, 3.05) is 38.8 Å². The second-order valence-electron chi connectivity index (χ2n) is 18.6. The Morgan fingerprint density at radius 2 is 1.42 bits per heavy atom. The number of hydrogen-bond acceptors (Lipinski definition) is 7. The molecule has 6 aromatic rings. The summed E-state index contributed by atoms with van der Waals surface area (Å²) < 4.78 is 7.55. The van der Waals surface area contributed by atoms with Crippen molar-refractivity contribution < 1.29 is 14.1 Å². The van der Waals surface area contributed by atoms with Crippen LogP contribution >= 0.6 is 0 Å². The monoisotopic (exact) mass is 886 g/mol. The Kier molecular flexibility index (Phi) is 13.0. The summed E-state index contributed by atoms with van der Waals surface area (Å²) in [5.41, 5.74) is 17.0. The molecule has 0 unspecified atom stereocenters. The van der Waals surface area contributed by atoms with Gasteiger partial charge in [-0.25, -0.2) is 4.98 Å². The summed E-state index contributed by atoms with van der Waals surface area (Å²) in [5, 5.41) is 7.00. The number of rotatable bonds is 14. The van der Waals surface area contributed by atoms with Crippen molar-refractivity contribution >= 4 is 23.0 Å². The van der Waals surface area contributed by atoms with Crippen LogP contribution in [-0.4, -0.2) is 65.0 Å². The van der Waals surface area contributed by atoms with Gasteiger partial charge in [-0.2, -0.15) is 4.58 Å². The van der Waals surface area contributed by atoms with Gasteiger partial charge in [-0.15, -0.1) is 0 Å². The first kappa shape index (κ1) is 44.9. The van der Waals surface area contributed by atoms with Gasteiger partial charge in [0.15, 0.2) is 5.71 Å². The number of anilines is 1. The highest BCUT2D eigenvalue weighted by Gasteiger charge is 2.43. The highest BCUT2D eigenvalue weighted by molar-refractivity contribution is 6.03. The fraction of sp³-hybridized carbons (Fsp3) is 0.259. The molecule has 3 aromatic heterocycles. The number of fused-ring (bicyclic) bond motifs is 2. The van der Waals surface area contributed by atoms with Crippen molar-refractivity contribution in [1.29, 1.82) is 0 Å². The van der Waals surface area contributed by atoms with Gasteiger partial charge in [0.1, 0.15) is 13.6 Å². The average Bonchev–Trinajstić information content (AvgIpc) is 3.69. The third-order valence-corrected chi connectivity index (χ3v) is 13.5. The smallest absolute Gasteiger partial charge is 0.240 e. The van der Waals surface area contributed by atoms with Crippen LogP contribution < -0.4 is 15.5 Å². The summed E-state index contributed by atoms with van der Waals surface area (Å²) in [6.45, 7) is 11.0. The maximum atomic E-state index is 13.3. The average molecular weight is 887 g/mol. The van der Waals surface area contributed by atoms with Crippen LogP contribution in [0, 0.1) is 0 Å². The quantitative estimate of drug-likeness (QED) is 0.0831. The van der Waals surface area contributed by atoms with Crippen LogP contribution in [0.3, 0.4) is 0 Å². The van der Waals surface area contributed by atoms with Gasteiger partial charge >= 0.3 is 0 Å². The molecule has 0 saturated carbocycles. The van der Waals surface area contributed by atoms with E-state index in [0.717, 1.165) is 70.2 Å². The number of nitrogens with zero attached hydrogens (tertiary/aromatic N) is 5. The number of nitrogens with one attached hydrogen (secondary N) is 2. The van der Waals surface area contributed by atoms with Crippen molar-refractivity contribution in [2.24, 2.45) is 0 Å². The van der Waals surface area contributed by atoms with E-state index in [1.165, 1.54) is 39.2 Å². The summed E-state index contributed by atoms with van der Waals surface area (Å²) >= 11 is 0. The summed E-state index contributed by atoms with van der Waals surface area (Å²) in [5.74, 6) is -0.0351. The van der Waals surface area contributed by atoms with Gasteiger partial charge in [0.05, 0.1) is 34.8 Å². The van der Waals surface area contributed by atoms with Gasteiger partial charge < -0.3 is 20.3 Å². The van der Waals surface area contributed by atoms with Crippen LogP contribution in [0.1, 0.15) is 63.6 Å². The molecule has 0 spiro atoms. The number of amides is 1. The molecule has 2 aliphatic heterocycles. The lowest BCUT2D eigenvalue weighted by Crippen LogP contribution is -2.38. The zero-order valence-electron chi connectivity index (χ0n) is 39.5. The number of allylic oxidation sites excluding steroid dienone is 7. The van der Waals surface area contributed by atoms with E-state index in [9.17, 15) is 4.79 Å². The fourth-order valence-electron chi connectivity index (χ4n) is 9.94. The molecule has 1 aliphatic carbocycles. The van der Waals surface area contributed by atoms with Crippen molar-refractivity contribution in [2.45, 2.75) is 64.3 Å². The Morgan fingerprint density at radius 3 is 2.09 bits per heavy atom. The van der Waals surface area contributed by atoms with Crippen molar-refractivity contribution in [3.8, 4) is 33.9 Å². The number of hydrogen-bond donors (Lipinski definition) is 2. The Morgan fingerprint density at radius 1 is 0.746 bits per heavy atom. The predicted molar refractivity (Wildman–Crippen MR) is 271 cm³/mol. The number of methoxy groups -OCH3 is 1. The minimum atomic E-state index is -0.313. The van der Waals surface area contributed by atoms with E-state index in [-0.39, 0.29) is 23.3 Å². The highest BCUT2D eigenvalue weighted by Crippen LogP contribution is 2.48.